The minimum atomic E-state index is -0.287. The number of aromatic nitrogens is 4. The third-order valence-electron chi connectivity index (χ3n) is 4.75. The van der Waals surface area contributed by atoms with E-state index in [2.05, 4.69) is 20.4 Å². The van der Waals surface area contributed by atoms with Crippen molar-refractivity contribution in [3.63, 3.8) is 0 Å². The smallest absolute Gasteiger partial charge is 0.252 e. The van der Waals surface area contributed by atoms with Crippen molar-refractivity contribution in [2.24, 2.45) is 0 Å². The fraction of sp³-hybridized carbons (Fsp3) is 0.263. The van der Waals surface area contributed by atoms with Crippen molar-refractivity contribution in [2.75, 3.05) is 19.5 Å². The number of ether oxygens (including phenoxy) is 2. The van der Waals surface area contributed by atoms with E-state index in [0.717, 1.165) is 16.8 Å². The zero-order chi connectivity index (χ0) is 19.8. The molecule has 0 saturated heterocycles. The van der Waals surface area contributed by atoms with Gasteiger partial charge >= 0.3 is 0 Å². The number of hydrogen-bond donors (Lipinski definition) is 2. The summed E-state index contributed by atoms with van der Waals surface area (Å²) in [5, 5.41) is 17.6. The van der Waals surface area contributed by atoms with Crippen molar-refractivity contribution in [3.05, 3.63) is 47.4 Å². The lowest BCUT2D eigenvalue weighted by atomic mass is 9.85. The molecule has 0 fully saturated rings. The normalized spacial score (nSPS) is 15.7. The SMILES string of the molecule is COc1cc(C2CC(=O)Nc3c2c(C)nn3-c2ncccn2)cc(OC)c1O. The van der Waals surface area contributed by atoms with Crippen molar-refractivity contribution in [3.8, 4) is 23.2 Å². The summed E-state index contributed by atoms with van der Waals surface area (Å²) >= 11 is 0. The Hall–Kier alpha value is -3.62. The molecule has 0 aliphatic carbocycles. The number of nitrogens with zero attached hydrogens (tertiary/aromatic N) is 4. The first-order chi connectivity index (χ1) is 13.5. The van der Waals surface area contributed by atoms with Crippen LogP contribution in [0.5, 0.6) is 17.2 Å². The fourth-order valence-electron chi connectivity index (χ4n) is 3.49. The molecule has 1 aliphatic heterocycles. The number of aromatic hydroxyl groups is 1. The lowest BCUT2D eigenvalue weighted by Gasteiger charge is -2.25. The van der Waals surface area contributed by atoms with Gasteiger partial charge in [0.25, 0.3) is 5.95 Å². The molecule has 28 heavy (non-hydrogen) atoms. The molecule has 144 valence electrons. The van der Waals surface area contributed by atoms with Crippen LogP contribution in [0.4, 0.5) is 5.82 Å². The average Bonchev–Trinajstić information content (AvgIpc) is 3.04. The highest BCUT2D eigenvalue weighted by molar-refractivity contribution is 5.95. The summed E-state index contributed by atoms with van der Waals surface area (Å²) in [6, 6.07) is 5.13. The molecule has 4 rings (SSSR count). The van der Waals surface area contributed by atoms with Gasteiger partial charge in [0.1, 0.15) is 5.82 Å². The van der Waals surface area contributed by atoms with Gasteiger partial charge in [-0.3, -0.25) is 4.79 Å². The second-order valence-electron chi connectivity index (χ2n) is 6.39. The first kappa shape index (κ1) is 17.8. The number of aryl methyl sites for hydroxylation is 1. The summed E-state index contributed by atoms with van der Waals surface area (Å²) in [4.78, 5) is 20.9. The van der Waals surface area contributed by atoms with Crippen LogP contribution in [0.1, 0.15) is 29.2 Å². The Morgan fingerprint density at radius 3 is 2.43 bits per heavy atom. The third-order valence-corrected chi connectivity index (χ3v) is 4.75. The Morgan fingerprint density at radius 2 is 1.82 bits per heavy atom. The van der Waals surface area contributed by atoms with Gasteiger partial charge in [0.2, 0.25) is 11.7 Å². The molecule has 2 N–H and O–H groups in total. The van der Waals surface area contributed by atoms with Crippen LogP contribution in [0, 0.1) is 6.92 Å². The number of anilines is 1. The van der Waals surface area contributed by atoms with E-state index in [4.69, 9.17) is 9.47 Å². The molecule has 1 aliphatic rings. The largest absolute Gasteiger partial charge is 0.502 e. The van der Waals surface area contributed by atoms with Gasteiger partial charge in [0.15, 0.2) is 11.5 Å². The fourth-order valence-corrected chi connectivity index (χ4v) is 3.49. The van der Waals surface area contributed by atoms with Crippen LogP contribution in [-0.4, -0.2) is 45.0 Å². The highest BCUT2D eigenvalue weighted by Crippen LogP contribution is 2.45. The van der Waals surface area contributed by atoms with Crippen LogP contribution in [-0.2, 0) is 4.79 Å². The van der Waals surface area contributed by atoms with Crippen molar-refractivity contribution >= 4 is 11.7 Å². The molecule has 9 nitrogen and oxygen atoms in total. The van der Waals surface area contributed by atoms with Crippen LogP contribution < -0.4 is 14.8 Å². The number of amides is 1. The molecule has 1 aromatic carbocycles. The van der Waals surface area contributed by atoms with Gasteiger partial charge in [-0.2, -0.15) is 9.78 Å². The summed E-state index contributed by atoms with van der Waals surface area (Å²) in [5.74, 6) is 0.936. The maximum Gasteiger partial charge on any atom is 0.252 e. The standard InChI is InChI=1S/C19H19N5O4/c1-10-16-12(11-7-13(27-2)17(26)14(8-11)28-3)9-15(25)22-18(16)24(23-10)19-20-5-4-6-21-19/h4-8,12,26H,9H2,1-3H3,(H,22,25). The van der Waals surface area contributed by atoms with E-state index in [1.54, 1.807) is 30.6 Å². The maximum absolute atomic E-state index is 12.5. The topological polar surface area (TPSA) is 111 Å². The van der Waals surface area contributed by atoms with Crippen LogP contribution in [0.25, 0.3) is 5.95 Å². The first-order valence-corrected chi connectivity index (χ1v) is 8.65. The lowest BCUT2D eigenvalue weighted by molar-refractivity contribution is -0.116. The highest BCUT2D eigenvalue weighted by atomic mass is 16.5. The van der Waals surface area contributed by atoms with Gasteiger partial charge in [0, 0.05) is 30.3 Å². The molecular formula is C19H19N5O4. The second kappa shape index (κ2) is 6.84. The monoisotopic (exact) mass is 381 g/mol. The van der Waals surface area contributed by atoms with E-state index in [0.29, 0.717) is 11.8 Å². The van der Waals surface area contributed by atoms with Crippen molar-refractivity contribution in [2.45, 2.75) is 19.3 Å². The molecule has 3 heterocycles. The van der Waals surface area contributed by atoms with Crippen molar-refractivity contribution < 1.29 is 19.4 Å². The number of phenolic OH excluding ortho intramolecular Hbond substituents is 1. The van der Waals surface area contributed by atoms with Gasteiger partial charge < -0.3 is 19.9 Å². The maximum atomic E-state index is 12.5. The average molecular weight is 381 g/mol. The number of carbonyl (C=O) groups excluding carboxylic acids is 1. The Bertz CT molecular complexity index is 1020. The summed E-state index contributed by atoms with van der Waals surface area (Å²) in [5.41, 5.74) is 2.39. The second-order valence-corrected chi connectivity index (χ2v) is 6.39. The number of fused-ring (bicyclic) bond motifs is 1. The highest BCUT2D eigenvalue weighted by Gasteiger charge is 2.34. The predicted octanol–water partition coefficient (Wildman–Crippen LogP) is 2.17. The molecule has 0 bridgehead atoms. The summed E-state index contributed by atoms with van der Waals surface area (Å²) in [6.07, 6.45) is 3.46. The van der Waals surface area contributed by atoms with Crippen LogP contribution in [0.15, 0.2) is 30.6 Å². The molecule has 0 radical (unpaired) electrons. The van der Waals surface area contributed by atoms with E-state index in [-0.39, 0.29) is 35.5 Å². The summed E-state index contributed by atoms with van der Waals surface area (Å²) in [7, 11) is 2.93. The van der Waals surface area contributed by atoms with Gasteiger partial charge in [-0.1, -0.05) is 0 Å². The van der Waals surface area contributed by atoms with E-state index >= 15 is 0 Å². The van der Waals surface area contributed by atoms with Gasteiger partial charge in [0.05, 0.1) is 19.9 Å². The number of methoxy groups -OCH3 is 2. The number of benzene rings is 1. The molecule has 0 saturated carbocycles. The van der Waals surface area contributed by atoms with Crippen molar-refractivity contribution in [1.82, 2.24) is 19.7 Å². The Balaban J connectivity index is 1.89. The molecule has 3 aromatic rings. The summed E-state index contributed by atoms with van der Waals surface area (Å²) < 4.78 is 12.1. The van der Waals surface area contributed by atoms with Gasteiger partial charge in [-0.05, 0) is 30.7 Å². The van der Waals surface area contributed by atoms with E-state index < -0.39 is 0 Å². The van der Waals surface area contributed by atoms with Gasteiger partial charge in [-0.15, -0.1) is 0 Å². The zero-order valence-electron chi connectivity index (χ0n) is 15.6. The summed E-state index contributed by atoms with van der Waals surface area (Å²) in [6.45, 7) is 1.87. The third kappa shape index (κ3) is 2.81. The quantitative estimate of drug-likeness (QED) is 0.712. The predicted molar refractivity (Wildman–Crippen MR) is 100 cm³/mol. The van der Waals surface area contributed by atoms with Crippen LogP contribution >= 0.6 is 0 Å². The minimum Gasteiger partial charge on any atom is -0.502 e. The molecule has 1 unspecified atom stereocenters. The zero-order valence-corrected chi connectivity index (χ0v) is 15.6. The van der Waals surface area contributed by atoms with E-state index in [1.165, 1.54) is 18.9 Å². The number of rotatable bonds is 4. The van der Waals surface area contributed by atoms with Crippen molar-refractivity contribution in [1.29, 1.82) is 0 Å². The first-order valence-electron chi connectivity index (χ1n) is 8.65. The molecule has 9 heteroatoms. The Morgan fingerprint density at radius 1 is 1.18 bits per heavy atom. The van der Waals surface area contributed by atoms with Crippen LogP contribution in [0.2, 0.25) is 0 Å². The molecule has 1 amide bonds. The molecule has 2 aromatic heterocycles. The Labute approximate surface area is 161 Å². The Kier molecular flexibility index (Phi) is 4.34. The van der Waals surface area contributed by atoms with Gasteiger partial charge in [-0.25, -0.2) is 9.97 Å². The number of carbonyl (C=O) groups is 1. The number of phenols is 1. The molecule has 1 atom stereocenters. The van der Waals surface area contributed by atoms with Crippen LogP contribution in [0.3, 0.4) is 0 Å². The molecular weight excluding hydrogens is 362 g/mol. The van der Waals surface area contributed by atoms with E-state index in [9.17, 15) is 9.90 Å². The minimum absolute atomic E-state index is 0.0839. The number of hydrogen-bond acceptors (Lipinski definition) is 7. The number of nitrogens with one attached hydrogen (secondary N) is 1. The van der Waals surface area contributed by atoms with E-state index in [1.807, 2.05) is 6.92 Å². The molecule has 0 spiro atoms. The lowest BCUT2D eigenvalue weighted by Crippen LogP contribution is -2.25.